The van der Waals surface area contributed by atoms with Gasteiger partial charge >= 0.3 is 5.97 Å². The van der Waals surface area contributed by atoms with Crippen LogP contribution >= 0.6 is 11.8 Å². The average Bonchev–Trinajstić information content (AvgIpc) is 3.91. The summed E-state index contributed by atoms with van der Waals surface area (Å²) in [6.07, 6.45) is -1.22. The Hall–Kier alpha value is -7.70. The number of hydrogen-bond donors (Lipinski definition) is 17. The number of aromatic amines is 1. The van der Waals surface area contributed by atoms with E-state index in [1.54, 1.807) is 36.6 Å². The lowest BCUT2D eigenvalue weighted by atomic mass is 10.0. The summed E-state index contributed by atoms with van der Waals surface area (Å²) in [6.45, 7) is 1.21. The van der Waals surface area contributed by atoms with Crippen molar-refractivity contribution in [2.24, 2.45) is 5.73 Å². The molecule has 1 aromatic heterocycles. The number of aromatic nitrogens is 2. The number of rotatable bonds is 32. The molecule has 3 aromatic rings. The molecule has 3 rings (SSSR count). The molecule has 0 aliphatic carbocycles. The number of imidazole rings is 1. The summed E-state index contributed by atoms with van der Waals surface area (Å²) in [4.78, 5) is 139. The van der Waals surface area contributed by atoms with Crippen molar-refractivity contribution in [3.63, 3.8) is 0 Å². The van der Waals surface area contributed by atoms with Crippen LogP contribution in [-0.2, 0) is 67.2 Å². The zero-order valence-electron chi connectivity index (χ0n) is 42.6. The van der Waals surface area contributed by atoms with Gasteiger partial charge in [0.1, 0.15) is 54.1 Å². The second-order valence-electron chi connectivity index (χ2n) is 17.7. The number of thioether (sulfide) groups is 1. The maximum atomic E-state index is 14.1. The van der Waals surface area contributed by atoms with Gasteiger partial charge in [-0.1, -0.05) is 42.5 Å². The van der Waals surface area contributed by atoms with Crippen molar-refractivity contribution >= 4 is 70.9 Å². The van der Waals surface area contributed by atoms with Gasteiger partial charge in [0.2, 0.25) is 53.2 Å². The van der Waals surface area contributed by atoms with E-state index in [0.717, 1.165) is 13.8 Å². The summed E-state index contributed by atoms with van der Waals surface area (Å²) in [5, 5.41) is 82.0. The van der Waals surface area contributed by atoms with Gasteiger partial charge in [-0.3, -0.25) is 43.2 Å². The van der Waals surface area contributed by atoms with Crippen molar-refractivity contribution in [2.45, 2.75) is 113 Å². The Bertz CT molecular complexity index is 2450. The van der Waals surface area contributed by atoms with Crippen LogP contribution < -0.4 is 53.6 Å². The fraction of sp³-hybridized carbons (Fsp3) is 0.479. The molecule has 1 heterocycles. The van der Waals surface area contributed by atoms with Gasteiger partial charge < -0.3 is 89.2 Å². The molecule has 0 aliphatic heterocycles. The van der Waals surface area contributed by atoms with Crippen LogP contribution in [0, 0.1) is 0 Å². The molecule has 11 atom stereocenters. The van der Waals surface area contributed by atoms with Gasteiger partial charge in [-0.2, -0.15) is 11.8 Å². The molecule has 0 saturated carbocycles. The molecule has 0 spiro atoms. The minimum atomic E-state index is -1.90. The average molecular weight is 1100 g/mol. The largest absolute Gasteiger partial charge is 0.508 e. The van der Waals surface area contributed by atoms with Crippen molar-refractivity contribution in [3.8, 4) is 5.75 Å². The number of aromatic hydroxyl groups is 1. The number of amides is 9. The molecule has 18 N–H and O–H groups in total. The summed E-state index contributed by atoms with van der Waals surface area (Å²) < 4.78 is 0. The number of H-pyrrole nitrogens is 1. The van der Waals surface area contributed by atoms with Gasteiger partial charge in [-0.05, 0) is 62.5 Å². The highest BCUT2D eigenvalue weighted by molar-refractivity contribution is 7.98. The molecule has 422 valence electrons. The number of nitrogens with zero attached hydrogens (tertiary/aromatic N) is 1. The zero-order valence-corrected chi connectivity index (χ0v) is 43.4. The van der Waals surface area contributed by atoms with Gasteiger partial charge in [-0.15, -0.1) is 0 Å². The monoisotopic (exact) mass is 1100 g/mol. The Labute approximate surface area is 446 Å². The first-order chi connectivity index (χ1) is 36.5. The van der Waals surface area contributed by atoms with Crippen LogP contribution in [0.5, 0.6) is 5.75 Å². The number of phenols is 1. The maximum Gasteiger partial charge on any atom is 0.328 e. The maximum absolute atomic E-state index is 14.1. The van der Waals surface area contributed by atoms with Crippen molar-refractivity contribution in [3.05, 3.63) is 83.9 Å². The van der Waals surface area contributed by atoms with E-state index in [9.17, 15) is 78.6 Å². The summed E-state index contributed by atoms with van der Waals surface area (Å²) in [7, 11) is 0. The number of aliphatic hydroxyl groups excluding tert-OH is 4. The summed E-state index contributed by atoms with van der Waals surface area (Å²) >= 11 is 1.31. The number of hydrogen-bond acceptors (Lipinski definition) is 18. The first kappa shape index (κ1) is 63.6. The third-order valence-corrected chi connectivity index (χ3v) is 12.1. The molecule has 29 heteroatoms. The van der Waals surface area contributed by atoms with Crippen molar-refractivity contribution < 1.29 is 78.6 Å². The van der Waals surface area contributed by atoms with E-state index in [-0.39, 0.29) is 31.4 Å². The van der Waals surface area contributed by atoms with E-state index in [2.05, 4.69) is 57.8 Å². The van der Waals surface area contributed by atoms with Gasteiger partial charge in [0, 0.05) is 31.2 Å². The van der Waals surface area contributed by atoms with Crippen LogP contribution in [0.4, 0.5) is 0 Å². The number of aliphatic hydroxyl groups is 4. The molecule has 0 saturated heterocycles. The number of phenolic OH excluding ortho intramolecular Hbond substituents is 1. The fourth-order valence-electron chi connectivity index (χ4n) is 7.20. The molecule has 0 aliphatic rings. The topological polar surface area (TPSA) is 455 Å². The molecule has 0 unspecified atom stereocenters. The molecule has 0 fully saturated rings. The Morgan fingerprint density at radius 1 is 0.584 bits per heavy atom. The third kappa shape index (κ3) is 21.5. The van der Waals surface area contributed by atoms with E-state index in [1.165, 1.54) is 55.5 Å². The van der Waals surface area contributed by atoms with Crippen LogP contribution in [0.15, 0.2) is 67.1 Å². The number of nitrogens with one attached hydrogen (secondary N) is 10. The lowest BCUT2D eigenvalue weighted by Crippen LogP contribution is -2.64. The summed E-state index contributed by atoms with van der Waals surface area (Å²) in [5.74, 6) is -10.3. The SMILES string of the molecule is CSCC[C@H](NC(=O)CNC(=O)[C@H](Cc1ccc(O)cc1)NC(=O)[C@@H](NC(=O)[C@@H](NC(=O)[C@H](Cc1ccccc1)NC(=O)[C@@H](NC(=O)[C@H](Cc1cnc[nH]1)NC(=O)CN)[C@@H](C)O)[C@@H](C)O)[C@@H](C)O)C(=O)N[C@@H](CO)C(=O)O. The highest BCUT2D eigenvalue weighted by atomic mass is 32.2. The predicted molar refractivity (Wildman–Crippen MR) is 275 cm³/mol. The normalized spacial score (nSPS) is 15.3. The minimum absolute atomic E-state index is 0.0293. The quantitative estimate of drug-likeness (QED) is 0.0277. The molecule has 28 nitrogen and oxygen atoms in total. The van der Waals surface area contributed by atoms with E-state index < -0.39 is 145 Å². The number of carboxylic acids is 1. The van der Waals surface area contributed by atoms with Crippen LogP contribution in [0.25, 0.3) is 0 Å². The second kappa shape index (κ2) is 32.0. The number of benzene rings is 2. The number of carboxylic acid groups (broad SMARTS) is 1. The summed E-state index contributed by atoms with van der Waals surface area (Å²) in [5.41, 5.74) is 6.73. The second-order valence-corrected chi connectivity index (χ2v) is 18.7. The number of carbonyl (C=O) groups excluding carboxylic acids is 9. The Morgan fingerprint density at radius 3 is 1.51 bits per heavy atom. The van der Waals surface area contributed by atoms with Crippen LogP contribution in [0.3, 0.4) is 0 Å². The molecular weight excluding hydrogens is 1030 g/mol. The Kier molecular flexibility index (Phi) is 26.4. The van der Waals surface area contributed by atoms with E-state index in [4.69, 9.17) is 5.73 Å². The first-order valence-electron chi connectivity index (χ1n) is 24.0. The van der Waals surface area contributed by atoms with Crippen molar-refractivity contribution in [1.29, 1.82) is 0 Å². The molecule has 0 radical (unpaired) electrons. The first-order valence-corrected chi connectivity index (χ1v) is 25.4. The fourth-order valence-corrected chi connectivity index (χ4v) is 7.67. The molecular formula is C48H68N12O16S. The number of aliphatic carboxylic acids is 1. The standard InChI is InChI=1S/C48H68N12O16S/c1-24(62)38(58-44(71)34(54-36(66)19-49)18-29-20-50-23-52-29)45(72)56-33(16-27-8-6-5-7-9-27)43(70)59-40(26(3)64)47(74)60-39(25(2)63)46(73)55-32(17-28-10-12-30(65)13-11-28)41(68)51-21-37(67)53-31(14-15-77-4)42(69)57-35(22-61)48(75)76/h5-13,20,23-26,31-35,38-40,61-65H,14-19,21-22,49H2,1-4H3,(H,50,52)(H,51,68)(H,53,67)(H,54,66)(H,55,73)(H,56,72)(H,57,69)(H,58,71)(H,59,70)(H,60,74)(H,75,76)/t24-,25-,26-,31+,32+,33+,34+,35+,38+,39+,40+/m1/s1. The molecule has 77 heavy (non-hydrogen) atoms. The zero-order chi connectivity index (χ0) is 57.4. The highest BCUT2D eigenvalue weighted by Gasteiger charge is 2.37. The van der Waals surface area contributed by atoms with Crippen LogP contribution in [0.2, 0.25) is 0 Å². The van der Waals surface area contributed by atoms with Gasteiger partial charge in [0.15, 0.2) is 0 Å². The van der Waals surface area contributed by atoms with E-state index >= 15 is 0 Å². The molecule has 2 aromatic carbocycles. The summed E-state index contributed by atoms with van der Waals surface area (Å²) in [6, 6.07) is 0.661. The Morgan fingerprint density at radius 2 is 1.04 bits per heavy atom. The lowest BCUT2D eigenvalue weighted by Gasteiger charge is -2.29. The minimum Gasteiger partial charge on any atom is -0.508 e. The number of nitrogens with two attached hydrogens (primary N) is 1. The smallest absolute Gasteiger partial charge is 0.328 e. The molecule has 0 bridgehead atoms. The predicted octanol–water partition coefficient (Wildman–Crippen LogP) is -5.93. The van der Waals surface area contributed by atoms with Crippen molar-refractivity contribution in [1.82, 2.24) is 57.8 Å². The molecule has 9 amide bonds. The van der Waals surface area contributed by atoms with Crippen molar-refractivity contribution in [2.75, 3.05) is 31.7 Å². The van der Waals surface area contributed by atoms with Crippen LogP contribution in [-0.4, -0.2) is 198 Å². The van der Waals surface area contributed by atoms with Gasteiger partial charge in [-0.25, -0.2) is 9.78 Å². The third-order valence-electron chi connectivity index (χ3n) is 11.4. The number of carbonyl (C=O) groups is 10. The van der Waals surface area contributed by atoms with E-state index in [1.807, 2.05) is 0 Å². The Balaban J connectivity index is 1.84. The lowest BCUT2D eigenvalue weighted by molar-refractivity contribution is -0.143. The van der Waals surface area contributed by atoms with E-state index in [0.29, 0.717) is 22.6 Å². The van der Waals surface area contributed by atoms with Gasteiger partial charge in [0.25, 0.3) is 0 Å². The van der Waals surface area contributed by atoms with Gasteiger partial charge in [0.05, 0.1) is 44.3 Å². The highest BCUT2D eigenvalue weighted by Crippen LogP contribution is 2.13. The van der Waals surface area contributed by atoms with Crippen LogP contribution in [0.1, 0.15) is 44.0 Å².